The zero-order valence-electron chi connectivity index (χ0n) is 52.0. The molecule has 0 aromatic carbocycles. The first-order chi connectivity index (χ1) is 36.1. The molecular formula is C58H104N14O6. The second-order valence-corrected chi connectivity index (χ2v) is 28.0. The lowest BCUT2D eigenvalue weighted by Crippen LogP contribution is -2.62. The molecule has 0 bridgehead atoms. The number of nitrogens with one attached hydrogen (secondary N) is 4. The summed E-state index contributed by atoms with van der Waals surface area (Å²) >= 11 is 0. The van der Waals surface area contributed by atoms with Gasteiger partial charge in [0.25, 0.3) is 0 Å². The van der Waals surface area contributed by atoms with E-state index in [0.717, 1.165) is 51.4 Å². The van der Waals surface area contributed by atoms with Gasteiger partial charge in [0.1, 0.15) is 26.4 Å². The van der Waals surface area contributed by atoms with Gasteiger partial charge in [-0.2, -0.15) is 29.9 Å². The molecule has 6 heterocycles. The molecule has 6 rings (SSSR count). The Morgan fingerprint density at radius 3 is 0.769 bits per heavy atom. The predicted molar refractivity (Wildman–Crippen MR) is 311 cm³/mol. The molecule has 2 aromatic heterocycles. The zero-order chi connectivity index (χ0) is 57.9. The fourth-order valence-electron chi connectivity index (χ4n) is 14.4. The zero-order valence-corrected chi connectivity index (χ0v) is 52.0. The van der Waals surface area contributed by atoms with Crippen LogP contribution in [-0.4, -0.2) is 163 Å². The van der Waals surface area contributed by atoms with Crippen LogP contribution in [0.4, 0.5) is 23.8 Å². The van der Waals surface area contributed by atoms with Gasteiger partial charge in [0, 0.05) is 94.7 Å². The first kappa shape index (κ1) is 62.8. The van der Waals surface area contributed by atoms with Gasteiger partial charge in [0.15, 0.2) is 0 Å². The largest absolute Gasteiger partial charge is 0.462 e. The van der Waals surface area contributed by atoms with E-state index in [9.17, 15) is 9.59 Å². The van der Waals surface area contributed by atoms with E-state index in [2.05, 4.69) is 179 Å². The highest BCUT2D eigenvalue weighted by Crippen LogP contribution is 2.39. The fraction of sp³-hybridized carbons (Fsp3) is 0.862. The minimum absolute atomic E-state index is 0.0176. The molecule has 4 aliphatic rings. The number of hydrogen-bond donors (Lipinski definition) is 4. The van der Waals surface area contributed by atoms with Crippen molar-refractivity contribution >= 4 is 35.7 Å². The van der Waals surface area contributed by atoms with Crippen molar-refractivity contribution in [3.63, 3.8) is 0 Å². The van der Waals surface area contributed by atoms with E-state index in [4.69, 9.17) is 48.9 Å². The predicted octanol–water partition coefficient (Wildman–Crippen LogP) is 7.92. The SMILES string of the molecule is CCN(c1nc(OCCOC(=O)CCC(=O)OCCOc2nc(N(CC)C3CC(C)(C)NC(C)(C)C3)nc(N(CC)C3CC(C)(C)NC(C)(C)C3)n2)nc(N(CC)C2CC(C)(C)NC(C)(C)C2)n1)C1CC(C)(C)NC(C)(C)C1. The molecule has 0 unspecified atom stereocenters. The van der Waals surface area contributed by atoms with E-state index >= 15 is 0 Å². The minimum atomic E-state index is -0.544. The summed E-state index contributed by atoms with van der Waals surface area (Å²) in [7, 11) is 0. The van der Waals surface area contributed by atoms with Crippen molar-refractivity contribution in [3.8, 4) is 12.0 Å². The number of nitrogens with zero attached hydrogens (tertiary/aromatic N) is 10. The van der Waals surface area contributed by atoms with Crippen molar-refractivity contribution < 1.29 is 28.5 Å². The number of carbonyl (C=O) groups is 2. The van der Waals surface area contributed by atoms with Crippen LogP contribution < -0.4 is 50.3 Å². The van der Waals surface area contributed by atoms with Gasteiger partial charge in [-0.05, 0) is 190 Å². The quantitative estimate of drug-likeness (QED) is 0.0615. The molecule has 0 aliphatic carbocycles. The highest BCUT2D eigenvalue weighted by atomic mass is 16.6. The molecule has 0 radical (unpaired) electrons. The highest BCUT2D eigenvalue weighted by Gasteiger charge is 2.45. The monoisotopic (exact) mass is 1090 g/mol. The summed E-state index contributed by atoms with van der Waals surface area (Å²) in [5, 5.41) is 15.2. The molecular weight excluding hydrogens is 989 g/mol. The average molecular weight is 1090 g/mol. The van der Waals surface area contributed by atoms with Gasteiger partial charge in [0.05, 0.1) is 12.8 Å². The van der Waals surface area contributed by atoms with Crippen LogP contribution in [0.25, 0.3) is 0 Å². The van der Waals surface area contributed by atoms with Crippen molar-refractivity contribution in [2.45, 2.75) is 271 Å². The normalized spacial score (nSPS) is 22.5. The van der Waals surface area contributed by atoms with E-state index in [-0.39, 0.29) is 120 Å². The van der Waals surface area contributed by atoms with Gasteiger partial charge in [0.2, 0.25) is 23.8 Å². The van der Waals surface area contributed by atoms with E-state index in [1.54, 1.807) is 0 Å². The maximum absolute atomic E-state index is 13.0. The Labute approximate surface area is 469 Å². The smallest absolute Gasteiger partial charge is 0.323 e. The van der Waals surface area contributed by atoms with Gasteiger partial charge in [-0.25, -0.2) is 0 Å². The van der Waals surface area contributed by atoms with Gasteiger partial charge < -0.3 is 59.8 Å². The molecule has 2 aromatic rings. The number of piperidine rings is 4. The Bertz CT molecular complexity index is 1990. The fourth-order valence-corrected chi connectivity index (χ4v) is 14.4. The number of anilines is 4. The number of carbonyl (C=O) groups excluding carboxylic acids is 2. The molecule has 0 atom stereocenters. The Balaban J connectivity index is 1.07. The third-order valence-electron chi connectivity index (χ3n) is 15.7. The summed E-state index contributed by atoms with van der Waals surface area (Å²) in [5.74, 6) is 1.19. The van der Waals surface area contributed by atoms with Gasteiger partial charge in [-0.15, -0.1) is 0 Å². The van der Waals surface area contributed by atoms with Gasteiger partial charge in [-0.3, -0.25) is 9.59 Å². The van der Waals surface area contributed by atoms with Crippen LogP contribution in [0.15, 0.2) is 0 Å². The number of esters is 2. The summed E-state index contributed by atoms with van der Waals surface area (Å²) in [5.41, 5.74) is -0.689. The molecule has 4 aliphatic heterocycles. The Morgan fingerprint density at radius 1 is 0.372 bits per heavy atom. The lowest BCUT2D eigenvalue weighted by atomic mass is 9.79. The van der Waals surface area contributed by atoms with E-state index in [1.807, 2.05) is 0 Å². The van der Waals surface area contributed by atoms with Crippen molar-refractivity contribution in [3.05, 3.63) is 0 Å². The maximum atomic E-state index is 13.0. The van der Waals surface area contributed by atoms with Crippen LogP contribution in [0.2, 0.25) is 0 Å². The van der Waals surface area contributed by atoms with E-state index < -0.39 is 11.9 Å². The minimum Gasteiger partial charge on any atom is -0.462 e. The highest BCUT2D eigenvalue weighted by molar-refractivity contribution is 5.77. The van der Waals surface area contributed by atoms with E-state index in [0.29, 0.717) is 50.0 Å². The number of aromatic nitrogens is 6. The maximum Gasteiger partial charge on any atom is 0.323 e. The Hall–Kier alpha value is -4.40. The first-order valence-corrected chi connectivity index (χ1v) is 29.4. The van der Waals surface area contributed by atoms with Crippen molar-refractivity contribution in [1.82, 2.24) is 51.2 Å². The third kappa shape index (κ3) is 17.6. The molecule has 4 saturated heterocycles. The summed E-state index contributed by atoms with van der Waals surface area (Å²) in [6, 6.07) is 1.06. The van der Waals surface area contributed by atoms with Crippen LogP contribution in [0.5, 0.6) is 12.0 Å². The van der Waals surface area contributed by atoms with Crippen LogP contribution in [0, 0.1) is 0 Å². The lowest BCUT2D eigenvalue weighted by Gasteiger charge is -2.50. The molecule has 0 amide bonds. The molecule has 20 heteroatoms. The number of hydrogen-bond acceptors (Lipinski definition) is 20. The summed E-state index contributed by atoms with van der Waals surface area (Å²) < 4.78 is 23.5. The topological polar surface area (TPSA) is 209 Å². The van der Waals surface area contributed by atoms with E-state index in [1.165, 1.54) is 0 Å². The number of ether oxygens (including phenoxy) is 4. The first-order valence-electron chi connectivity index (χ1n) is 29.4. The summed E-state index contributed by atoms with van der Waals surface area (Å²) in [6.45, 7) is 47.3. The standard InChI is InChI=1S/C58H104N14O6/c1-21-69(39-31-51(5,6)65-52(7,8)32-39)45-59-46(70(22-2)40-33-53(9,10)66-54(11,12)34-40)62-49(61-45)77-29-27-75-43(73)25-26-44(74)76-28-30-78-50-63-47(71(23-3)41-35-55(13,14)67-56(15,16)36-41)60-48(64-50)72(24-4)42-37-57(17,18)68-58(19,20)38-42/h39-42,65-68H,21-38H2,1-20H3. The van der Waals surface area contributed by atoms with Crippen molar-refractivity contribution in [1.29, 1.82) is 0 Å². The van der Waals surface area contributed by atoms with Gasteiger partial charge >= 0.3 is 24.0 Å². The van der Waals surface area contributed by atoms with Crippen molar-refractivity contribution in [2.75, 3.05) is 72.2 Å². The number of rotatable bonds is 23. The van der Waals surface area contributed by atoms with Gasteiger partial charge in [-0.1, -0.05) is 0 Å². The lowest BCUT2D eigenvalue weighted by molar-refractivity contribution is -0.151. The van der Waals surface area contributed by atoms with Crippen molar-refractivity contribution in [2.24, 2.45) is 0 Å². The molecule has 0 spiro atoms. The van der Waals surface area contributed by atoms with Crippen LogP contribution in [0.3, 0.4) is 0 Å². The second kappa shape index (κ2) is 24.4. The molecule has 20 nitrogen and oxygen atoms in total. The van der Waals surface area contributed by atoms with Crippen LogP contribution >= 0.6 is 0 Å². The summed E-state index contributed by atoms with van der Waals surface area (Å²) in [4.78, 5) is 65.1. The molecule has 0 saturated carbocycles. The molecule has 4 N–H and O–H groups in total. The van der Waals surface area contributed by atoms with Crippen LogP contribution in [-0.2, 0) is 19.1 Å². The molecule has 4 fully saturated rings. The average Bonchev–Trinajstić information content (AvgIpc) is 3.29. The third-order valence-corrected chi connectivity index (χ3v) is 15.7. The molecule has 442 valence electrons. The Morgan fingerprint density at radius 2 is 0.577 bits per heavy atom. The molecule has 78 heavy (non-hydrogen) atoms. The summed E-state index contributed by atoms with van der Waals surface area (Å²) in [6.07, 6.45) is 7.01. The Kier molecular flexibility index (Phi) is 19.6. The van der Waals surface area contributed by atoms with Crippen LogP contribution in [0.1, 0.15) is 203 Å². The second-order valence-electron chi connectivity index (χ2n) is 28.0.